The predicted octanol–water partition coefficient (Wildman–Crippen LogP) is 11.4. The van der Waals surface area contributed by atoms with Crippen LogP contribution in [0.1, 0.15) is 131 Å². The fourth-order valence-electron chi connectivity index (χ4n) is 6.40. The van der Waals surface area contributed by atoms with Gasteiger partial charge in [0.25, 0.3) is 0 Å². The minimum Gasteiger partial charge on any atom is -0.462 e. The van der Waals surface area contributed by atoms with E-state index in [1.54, 1.807) is 0 Å². The summed E-state index contributed by atoms with van der Waals surface area (Å²) in [6.07, 6.45) is 20.6. The number of benzene rings is 3. The Bertz CT molecular complexity index is 1200. The van der Waals surface area contributed by atoms with Crippen molar-refractivity contribution >= 4 is 5.97 Å². The van der Waals surface area contributed by atoms with Crippen LogP contribution in [0.2, 0.25) is 0 Å². The first kappa shape index (κ1) is 35.0. The highest BCUT2D eigenvalue weighted by Crippen LogP contribution is 2.26. The summed E-state index contributed by atoms with van der Waals surface area (Å²) in [5.41, 5.74) is 7.36. The average molecular weight is 611 g/mol. The molecule has 0 heterocycles. The Labute approximate surface area is 274 Å². The third-order valence-electron chi connectivity index (χ3n) is 9.52. The van der Waals surface area contributed by atoms with Crippen molar-refractivity contribution in [3.05, 3.63) is 95.1 Å². The molecule has 3 aromatic rings. The van der Waals surface area contributed by atoms with Crippen LogP contribution in [0.5, 0.6) is 0 Å². The first-order chi connectivity index (χ1) is 22.1. The summed E-state index contributed by atoms with van der Waals surface area (Å²) in [6.45, 7) is 5.97. The van der Waals surface area contributed by atoms with E-state index in [4.69, 9.17) is 9.47 Å². The van der Waals surface area contributed by atoms with Crippen LogP contribution in [-0.4, -0.2) is 25.3 Å². The number of carbonyl (C=O) groups excluding carboxylic acids is 1. The van der Waals surface area contributed by atoms with Gasteiger partial charge in [-0.05, 0) is 129 Å². The van der Waals surface area contributed by atoms with Gasteiger partial charge < -0.3 is 9.47 Å². The molecule has 1 saturated carbocycles. The summed E-state index contributed by atoms with van der Waals surface area (Å²) in [6, 6.07) is 26.2. The van der Waals surface area contributed by atoms with Crippen LogP contribution < -0.4 is 0 Å². The van der Waals surface area contributed by atoms with Gasteiger partial charge in [-0.3, -0.25) is 0 Å². The molecule has 0 amide bonds. The second-order valence-corrected chi connectivity index (χ2v) is 13.4. The maximum atomic E-state index is 12.5. The van der Waals surface area contributed by atoms with Gasteiger partial charge in [0, 0.05) is 6.61 Å². The van der Waals surface area contributed by atoms with E-state index in [1.807, 2.05) is 12.1 Å². The third-order valence-corrected chi connectivity index (χ3v) is 9.52. The first-order valence-electron chi connectivity index (χ1n) is 18.2. The van der Waals surface area contributed by atoms with E-state index < -0.39 is 0 Å². The van der Waals surface area contributed by atoms with E-state index in [0.717, 1.165) is 63.9 Å². The van der Waals surface area contributed by atoms with Crippen molar-refractivity contribution in [3.63, 3.8) is 0 Å². The Morgan fingerprint density at radius 1 is 0.578 bits per heavy atom. The fraction of sp³-hybridized carbons (Fsp3) is 0.548. The first-order valence-corrected chi connectivity index (χ1v) is 18.2. The van der Waals surface area contributed by atoms with Gasteiger partial charge in [0.05, 0.1) is 18.3 Å². The standard InChI is InChI=1S/C42H58O3/c1-3-4-5-8-13-35-18-24-38(25-19-35)39-26-20-36(21-27-39)14-9-10-15-37-22-28-40(29-23-37)42(43)45-33-12-7-6-11-32-44-41-30-16-34(2)17-31-41/h18-29,34,41H,3-17,30-33H2,1-2H3. The molecule has 3 heteroatoms. The van der Waals surface area contributed by atoms with Gasteiger partial charge in [-0.2, -0.15) is 0 Å². The van der Waals surface area contributed by atoms with Crippen LogP contribution in [0.25, 0.3) is 11.1 Å². The number of esters is 1. The molecular formula is C42H58O3. The number of rotatable bonds is 20. The molecular weight excluding hydrogens is 552 g/mol. The molecule has 3 nitrogen and oxygen atoms in total. The molecule has 0 bridgehead atoms. The molecule has 1 fully saturated rings. The zero-order valence-corrected chi connectivity index (χ0v) is 28.2. The molecule has 0 radical (unpaired) electrons. The molecule has 3 aromatic carbocycles. The van der Waals surface area contributed by atoms with Crippen LogP contribution in [0, 0.1) is 5.92 Å². The summed E-state index contributed by atoms with van der Waals surface area (Å²) >= 11 is 0. The SMILES string of the molecule is CCCCCCc1ccc(-c2ccc(CCCCc3ccc(C(=O)OCCCCCCOC4CCC(C)CC4)cc3)cc2)cc1. The lowest BCUT2D eigenvalue weighted by molar-refractivity contribution is 0.0176. The van der Waals surface area contributed by atoms with E-state index in [-0.39, 0.29) is 5.97 Å². The Morgan fingerprint density at radius 3 is 1.58 bits per heavy atom. The molecule has 0 aromatic heterocycles. The molecule has 0 N–H and O–H groups in total. The van der Waals surface area contributed by atoms with Crippen molar-refractivity contribution in [3.8, 4) is 11.1 Å². The van der Waals surface area contributed by atoms with Gasteiger partial charge in [-0.25, -0.2) is 4.79 Å². The monoisotopic (exact) mass is 610 g/mol. The van der Waals surface area contributed by atoms with Crippen molar-refractivity contribution in [1.29, 1.82) is 0 Å². The van der Waals surface area contributed by atoms with E-state index >= 15 is 0 Å². The minimum absolute atomic E-state index is 0.210. The van der Waals surface area contributed by atoms with Crippen molar-refractivity contribution in [2.75, 3.05) is 13.2 Å². The average Bonchev–Trinajstić information content (AvgIpc) is 3.08. The second-order valence-electron chi connectivity index (χ2n) is 13.4. The molecule has 0 spiro atoms. The van der Waals surface area contributed by atoms with E-state index in [9.17, 15) is 4.79 Å². The largest absolute Gasteiger partial charge is 0.462 e. The Balaban J connectivity index is 1.04. The minimum atomic E-state index is -0.210. The summed E-state index contributed by atoms with van der Waals surface area (Å²) in [5, 5.41) is 0. The lowest BCUT2D eigenvalue weighted by Crippen LogP contribution is -2.20. The highest BCUT2D eigenvalue weighted by atomic mass is 16.5. The van der Waals surface area contributed by atoms with Gasteiger partial charge in [0.1, 0.15) is 0 Å². The second kappa shape index (κ2) is 20.3. The third kappa shape index (κ3) is 13.2. The Kier molecular flexibility index (Phi) is 15.7. The van der Waals surface area contributed by atoms with Crippen LogP contribution in [0.4, 0.5) is 0 Å². The van der Waals surface area contributed by atoms with Crippen molar-refractivity contribution < 1.29 is 14.3 Å². The molecule has 0 atom stereocenters. The lowest BCUT2D eigenvalue weighted by Gasteiger charge is -2.26. The predicted molar refractivity (Wildman–Crippen MR) is 189 cm³/mol. The lowest BCUT2D eigenvalue weighted by atomic mass is 9.89. The number of unbranched alkanes of at least 4 members (excludes halogenated alkanes) is 7. The molecule has 0 saturated heterocycles. The van der Waals surface area contributed by atoms with Crippen LogP contribution >= 0.6 is 0 Å². The quantitative estimate of drug-likeness (QED) is 0.0943. The smallest absolute Gasteiger partial charge is 0.338 e. The Morgan fingerprint density at radius 2 is 1.04 bits per heavy atom. The van der Waals surface area contributed by atoms with E-state index in [1.165, 1.54) is 85.6 Å². The summed E-state index contributed by atoms with van der Waals surface area (Å²) in [4.78, 5) is 12.5. The van der Waals surface area contributed by atoms with Crippen molar-refractivity contribution in [1.82, 2.24) is 0 Å². The number of ether oxygens (including phenoxy) is 2. The molecule has 0 unspecified atom stereocenters. The van der Waals surface area contributed by atoms with Crippen molar-refractivity contribution in [2.45, 2.75) is 129 Å². The van der Waals surface area contributed by atoms with Gasteiger partial charge in [0.15, 0.2) is 0 Å². The van der Waals surface area contributed by atoms with Gasteiger partial charge in [0.2, 0.25) is 0 Å². The summed E-state index contributed by atoms with van der Waals surface area (Å²) in [5.74, 6) is 0.660. The number of aryl methyl sites for hydroxylation is 3. The van der Waals surface area contributed by atoms with Crippen LogP contribution in [-0.2, 0) is 28.7 Å². The van der Waals surface area contributed by atoms with Gasteiger partial charge in [-0.15, -0.1) is 0 Å². The van der Waals surface area contributed by atoms with Gasteiger partial charge in [-0.1, -0.05) is 100 Å². The highest BCUT2D eigenvalue weighted by molar-refractivity contribution is 5.89. The number of carbonyl (C=O) groups is 1. The zero-order chi connectivity index (χ0) is 31.5. The molecule has 4 rings (SSSR count). The zero-order valence-electron chi connectivity index (χ0n) is 28.2. The molecule has 45 heavy (non-hydrogen) atoms. The van der Waals surface area contributed by atoms with Crippen LogP contribution in [0.3, 0.4) is 0 Å². The molecule has 1 aliphatic rings. The van der Waals surface area contributed by atoms with E-state index in [2.05, 4.69) is 74.5 Å². The summed E-state index contributed by atoms with van der Waals surface area (Å²) in [7, 11) is 0. The maximum Gasteiger partial charge on any atom is 0.338 e. The number of hydrogen-bond acceptors (Lipinski definition) is 3. The maximum absolute atomic E-state index is 12.5. The van der Waals surface area contributed by atoms with Crippen molar-refractivity contribution in [2.24, 2.45) is 5.92 Å². The molecule has 0 aliphatic heterocycles. The number of hydrogen-bond donors (Lipinski definition) is 0. The summed E-state index contributed by atoms with van der Waals surface area (Å²) < 4.78 is 11.6. The normalized spacial score (nSPS) is 16.5. The fourth-order valence-corrected chi connectivity index (χ4v) is 6.40. The highest BCUT2D eigenvalue weighted by Gasteiger charge is 2.18. The Hall–Kier alpha value is -2.91. The van der Waals surface area contributed by atoms with E-state index in [0.29, 0.717) is 18.3 Å². The molecule has 1 aliphatic carbocycles. The topological polar surface area (TPSA) is 35.5 Å². The van der Waals surface area contributed by atoms with Crippen LogP contribution in [0.15, 0.2) is 72.8 Å². The van der Waals surface area contributed by atoms with Gasteiger partial charge >= 0.3 is 5.97 Å². The molecule has 244 valence electrons.